The lowest BCUT2D eigenvalue weighted by molar-refractivity contribution is 0.108. The van der Waals surface area contributed by atoms with E-state index in [1.54, 1.807) is 0 Å². The first-order valence-corrected chi connectivity index (χ1v) is 6.96. The van der Waals surface area contributed by atoms with Crippen LogP contribution in [0.15, 0.2) is 0 Å². The number of nitrogens with two attached hydrogens (primary N) is 1. The van der Waals surface area contributed by atoms with Crippen molar-refractivity contribution in [3.8, 4) is 0 Å². The van der Waals surface area contributed by atoms with Gasteiger partial charge in [0, 0.05) is 18.1 Å². The summed E-state index contributed by atoms with van der Waals surface area (Å²) in [4.78, 5) is 2.61. The van der Waals surface area contributed by atoms with Gasteiger partial charge in [0.25, 0.3) is 0 Å². The molecule has 0 aromatic rings. The van der Waals surface area contributed by atoms with E-state index >= 15 is 0 Å². The first-order valence-electron chi connectivity index (χ1n) is 6.96. The third kappa shape index (κ3) is 2.01. The molecule has 2 aliphatic heterocycles. The molecule has 3 fully saturated rings. The molecule has 3 aliphatic rings. The lowest BCUT2D eigenvalue weighted by atomic mass is 9.83. The molecule has 0 spiro atoms. The summed E-state index contributed by atoms with van der Waals surface area (Å²) in [7, 11) is 2.31. The van der Waals surface area contributed by atoms with Gasteiger partial charge in [-0.25, -0.2) is 0 Å². The SMILES string of the molecule is CN1C2CCC1CC(C(CC1CC1)NN)C2. The zero-order chi connectivity index (χ0) is 11.1. The number of hydrogen-bond donors (Lipinski definition) is 2. The van der Waals surface area contributed by atoms with Crippen LogP contribution >= 0.6 is 0 Å². The third-order valence-electron chi connectivity index (χ3n) is 5.20. The molecule has 2 saturated heterocycles. The molecule has 16 heavy (non-hydrogen) atoms. The van der Waals surface area contributed by atoms with E-state index in [4.69, 9.17) is 5.84 Å². The monoisotopic (exact) mass is 223 g/mol. The highest BCUT2D eigenvalue weighted by atomic mass is 15.2. The molecular weight excluding hydrogens is 198 g/mol. The first-order chi connectivity index (χ1) is 7.78. The summed E-state index contributed by atoms with van der Waals surface area (Å²) in [6, 6.07) is 2.28. The maximum Gasteiger partial charge on any atom is 0.0242 e. The summed E-state index contributed by atoms with van der Waals surface area (Å²) < 4.78 is 0. The maximum atomic E-state index is 5.76. The zero-order valence-corrected chi connectivity index (χ0v) is 10.4. The van der Waals surface area contributed by atoms with Crippen molar-refractivity contribution in [3.05, 3.63) is 0 Å². The van der Waals surface area contributed by atoms with Gasteiger partial charge in [-0.1, -0.05) is 12.8 Å². The second kappa shape index (κ2) is 4.28. The highest BCUT2D eigenvalue weighted by molar-refractivity contribution is 4.97. The van der Waals surface area contributed by atoms with Crippen LogP contribution in [0.3, 0.4) is 0 Å². The molecule has 92 valence electrons. The molecule has 2 bridgehead atoms. The van der Waals surface area contributed by atoms with Gasteiger partial charge in [-0.15, -0.1) is 0 Å². The van der Waals surface area contributed by atoms with Crippen LogP contribution in [-0.2, 0) is 0 Å². The predicted molar refractivity (Wildman–Crippen MR) is 65.7 cm³/mol. The topological polar surface area (TPSA) is 41.3 Å². The van der Waals surface area contributed by atoms with Gasteiger partial charge in [-0.2, -0.15) is 0 Å². The highest BCUT2D eigenvalue weighted by Gasteiger charge is 2.41. The Hall–Kier alpha value is -0.120. The van der Waals surface area contributed by atoms with Gasteiger partial charge in [-0.05, 0) is 51.0 Å². The third-order valence-corrected chi connectivity index (χ3v) is 5.20. The van der Waals surface area contributed by atoms with Gasteiger partial charge in [0.05, 0.1) is 0 Å². The standard InChI is InChI=1S/C13H25N3/c1-16-11-4-5-12(16)8-10(7-11)13(15-14)6-9-2-3-9/h9-13,15H,2-8,14H2,1H3. The lowest BCUT2D eigenvalue weighted by Gasteiger charge is -2.39. The fourth-order valence-electron chi connectivity index (χ4n) is 3.89. The van der Waals surface area contributed by atoms with Crippen molar-refractivity contribution < 1.29 is 0 Å². The molecule has 0 aromatic carbocycles. The molecule has 3 unspecified atom stereocenters. The van der Waals surface area contributed by atoms with Crippen LogP contribution in [0.2, 0.25) is 0 Å². The van der Waals surface area contributed by atoms with Crippen LogP contribution in [0.25, 0.3) is 0 Å². The number of nitrogens with one attached hydrogen (secondary N) is 1. The minimum atomic E-state index is 0.587. The van der Waals surface area contributed by atoms with Crippen molar-refractivity contribution in [1.82, 2.24) is 10.3 Å². The summed E-state index contributed by atoms with van der Waals surface area (Å²) in [5.74, 6) is 7.58. The average Bonchev–Trinajstić information content (AvgIpc) is 3.07. The summed E-state index contributed by atoms with van der Waals surface area (Å²) in [5.41, 5.74) is 3.11. The molecule has 3 atom stereocenters. The smallest absolute Gasteiger partial charge is 0.0242 e. The Morgan fingerprint density at radius 1 is 1.19 bits per heavy atom. The van der Waals surface area contributed by atoms with Crippen LogP contribution < -0.4 is 11.3 Å². The van der Waals surface area contributed by atoms with Crippen LogP contribution in [0, 0.1) is 11.8 Å². The van der Waals surface area contributed by atoms with E-state index in [-0.39, 0.29) is 0 Å². The Balaban J connectivity index is 1.61. The van der Waals surface area contributed by atoms with E-state index in [2.05, 4.69) is 17.4 Å². The summed E-state index contributed by atoms with van der Waals surface area (Å²) in [5, 5.41) is 0. The molecule has 3 rings (SSSR count). The first kappa shape index (κ1) is 11.0. The normalized spacial score (nSPS) is 41.2. The van der Waals surface area contributed by atoms with Crippen LogP contribution in [0.1, 0.15) is 44.9 Å². The van der Waals surface area contributed by atoms with Crippen molar-refractivity contribution in [3.63, 3.8) is 0 Å². The second-order valence-corrected chi connectivity index (χ2v) is 6.23. The Morgan fingerprint density at radius 2 is 1.81 bits per heavy atom. The van der Waals surface area contributed by atoms with Gasteiger partial charge in [0.2, 0.25) is 0 Å². The van der Waals surface area contributed by atoms with E-state index in [1.807, 2.05) is 0 Å². The number of rotatable bonds is 4. The van der Waals surface area contributed by atoms with Crippen molar-refractivity contribution in [2.45, 2.75) is 63.1 Å². The average molecular weight is 223 g/mol. The number of piperidine rings is 1. The van der Waals surface area contributed by atoms with Crippen LogP contribution in [0.4, 0.5) is 0 Å². The van der Waals surface area contributed by atoms with E-state index in [9.17, 15) is 0 Å². The zero-order valence-electron chi connectivity index (χ0n) is 10.4. The molecule has 1 aliphatic carbocycles. The Bertz CT molecular complexity index is 238. The fraction of sp³-hybridized carbons (Fsp3) is 1.00. The molecule has 0 aromatic heterocycles. The van der Waals surface area contributed by atoms with Crippen LogP contribution in [0.5, 0.6) is 0 Å². The molecule has 2 heterocycles. The van der Waals surface area contributed by atoms with Crippen LogP contribution in [-0.4, -0.2) is 30.1 Å². The van der Waals surface area contributed by atoms with E-state index in [1.165, 1.54) is 44.9 Å². The molecule has 3 heteroatoms. The number of nitrogens with zero attached hydrogens (tertiary/aromatic N) is 1. The van der Waals surface area contributed by atoms with Gasteiger partial charge in [0.15, 0.2) is 0 Å². The summed E-state index contributed by atoms with van der Waals surface area (Å²) in [6.45, 7) is 0. The van der Waals surface area contributed by atoms with Crippen molar-refractivity contribution in [2.75, 3.05) is 7.05 Å². The number of hydrazine groups is 1. The van der Waals surface area contributed by atoms with E-state index in [0.717, 1.165) is 23.9 Å². The molecule has 1 saturated carbocycles. The van der Waals surface area contributed by atoms with Crippen molar-refractivity contribution in [1.29, 1.82) is 0 Å². The number of fused-ring (bicyclic) bond motifs is 2. The molecule has 0 amide bonds. The van der Waals surface area contributed by atoms with Gasteiger partial charge in [-0.3, -0.25) is 11.3 Å². The van der Waals surface area contributed by atoms with Gasteiger partial charge in [0.1, 0.15) is 0 Å². The minimum absolute atomic E-state index is 0.587. The molecule has 0 radical (unpaired) electrons. The summed E-state index contributed by atoms with van der Waals surface area (Å²) >= 11 is 0. The van der Waals surface area contributed by atoms with E-state index in [0.29, 0.717) is 6.04 Å². The van der Waals surface area contributed by atoms with Gasteiger partial charge >= 0.3 is 0 Å². The highest BCUT2D eigenvalue weighted by Crippen LogP contribution is 2.42. The quantitative estimate of drug-likeness (QED) is 0.560. The molecule has 3 nitrogen and oxygen atoms in total. The molecule has 3 N–H and O–H groups in total. The molecular formula is C13H25N3. The van der Waals surface area contributed by atoms with Crippen molar-refractivity contribution >= 4 is 0 Å². The van der Waals surface area contributed by atoms with Gasteiger partial charge < -0.3 is 4.90 Å². The minimum Gasteiger partial charge on any atom is -0.300 e. The predicted octanol–water partition coefficient (Wildman–Crippen LogP) is 1.49. The van der Waals surface area contributed by atoms with E-state index < -0.39 is 0 Å². The Morgan fingerprint density at radius 3 is 2.31 bits per heavy atom. The fourth-order valence-corrected chi connectivity index (χ4v) is 3.89. The number of hydrogen-bond acceptors (Lipinski definition) is 3. The Labute approximate surface area is 98.7 Å². The largest absolute Gasteiger partial charge is 0.300 e. The second-order valence-electron chi connectivity index (χ2n) is 6.23. The maximum absolute atomic E-state index is 5.76. The summed E-state index contributed by atoms with van der Waals surface area (Å²) in [6.07, 6.45) is 9.78. The lowest BCUT2D eigenvalue weighted by Crippen LogP contribution is -2.49. The van der Waals surface area contributed by atoms with Crippen molar-refractivity contribution in [2.24, 2.45) is 17.7 Å². The Kier molecular flexibility index (Phi) is 2.94.